The summed E-state index contributed by atoms with van der Waals surface area (Å²) in [5.41, 5.74) is 0. The molecule has 2 aromatic heterocycles. The maximum atomic E-state index is 5.36. The van der Waals surface area contributed by atoms with Crippen molar-refractivity contribution in [2.45, 2.75) is 32.2 Å². The Kier molecular flexibility index (Phi) is 2.05. The minimum absolute atomic E-state index is 0.815. The first kappa shape index (κ1) is 8.71. The van der Waals surface area contributed by atoms with Crippen molar-refractivity contribution in [1.29, 1.82) is 0 Å². The summed E-state index contributed by atoms with van der Waals surface area (Å²) in [6, 6.07) is 3.82. The van der Waals surface area contributed by atoms with Crippen molar-refractivity contribution >= 4 is 0 Å². The van der Waals surface area contributed by atoms with Crippen LogP contribution < -0.4 is 0 Å². The minimum Gasteiger partial charge on any atom is -0.461 e. The smallest absolute Gasteiger partial charge is 0.199 e. The topological polar surface area (TPSA) is 43.9 Å². The highest BCUT2D eigenvalue weighted by Crippen LogP contribution is 2.22. The van der Waals surface area contributed by atoms with Crippen molar-refractivity contribution < 1.29 is 4.42 Å². The van der Waals surface area contributed by atoms with Crippen LogP contribution in [0.4, 0.5) is 0 Å². The van der Waals surface area contributed by atoms with Crippen LogP contribution in [0.3, 0.4) is 0 Å². The normalized spacial score (nSPS) is 16.0. The van der Waals surface area contributed by atoms with Crippen LogP contribution in [-0.2, 0) is 13.0 Å². The van der Waals surface area contributed by atoms with Crippen LogP contribution in [-0.4, -0.2) is 14.8 Å². The fraction of sp³-hybridized carbons (Fsp3) is 0.455. The van der Waals surface area contributed by atoms with Gasteiger partial charge in [-0.05, 0) is 25.0 Å². The number of hydrogen-bond acceptors (Lipinski definition) is 3. The third-order valence-electron chi connectivity index (χ3n) is 2.85. The second kappa shape index (κ2) is 3.53. The third kappa shape index (κ3) is 1.46. The predicted octanol–water partition coefficient (Wildman–Crippen LogP) is 2.26. The van der Waals surface area contributed by atoms with E-state index in [1.807, 2.05) is 12.1 Å². The Bertz CT molecular complexity index is 444. The highest BCUT2D eigenvalue weighted by molar-refractivity contribution is 5.46. The van der Waals surface area contributed by atoms with Gasteiger partial charge in [0.1, 0.15) is 5.82 Å². The van der Waals surface area contributed by atoms with Gasteiger partial charge in [-0.1, -0.05) is 6.42 Å². The molecule has 0 saturated heterocycles. The lowest BCUT2D eigenvalue weighted by atomic mass is 10.2. The van der Waals surface area contributed by atoms with E-state index < -0.39 is 0 Å². The summed E-state index contributed by atoms with van der Waals surface area (Å²) in [5.74, 6) is 2.78. The van der Waals surface area contributed by atoms with E-state index in [0.29, 0.717) is 0 Å². The monoisotopic (exact) mass is 203 g/mol. The van der Waals surface area contributed by atoms with Crippen LogP contribution in [0.1, 0.15) is 25.1 Å². The number of fused-ring (bicyclic) bond motifs is 1. The maximum absolute atomic E-state index is 5.36. The second-order valence-corrected chi connectivity index (χ2v) is 3.88. The van der Waals surface area contributed by atoms with Crippen LogP contribution in [0.15, 0.2) is 22.8 Å². The molecule has 2 aromatic rings. The standard InChI is InChI=1S/C11H13N3O/c1-2-6-10-12-13-11(14(10)7-3-1)9-5-4-8-15-9/h4-5,8H,1-3,6-7H2. The number of aryl methyl sites for hydroxylation is 1. The molecule has 4 heteroatoms. The Morgan fingerprint density at radius 1 is 1.20 bits per heavy atom. The van der Waals surface area contributed by atoms with Gasteiger partial charge in [0.25, 0.3) is 0 Å². The lowest BCUT2D eigenvalue weighted by Crippen LogP contribution is -2.02. The SMILES string of the molecule is c1coc(-c2nnc3n2CCCCC3)c1. The van der Waals surface area contributed by atoms with E-state index in [2.05, 4.69) is 14.8 Å². The van der Waals surface area contributed by atoms with Gasteiger partial charge in [-0.3, -0.25) is 0 Å². The molecule has 0 aliphatic carbocycles. The van der Waals surface area contributed by atoms with Crippen molar-refractivity contribution in [3.8, 4) is 11.6 Å². The summed E-state index contributed by atoms with van der Waals surface area (Å²) in [7, 11) is 0. The molecule has 78 valence electrons. The molecule has 0 radical (unpaired) electrons. The van der Waals surface area contributed by atoms with Gasteiger partial charge in [-0.2, -0.15) is 0 Å². The third-order valence-corrected chi connectivity index (χ3v) is 2.85. The molecule has 3 rings (SSSR count). The molecule has 0 spiro atoms. The van der Waals surface area contributed by atoms with Crippen molar-refractivity contribution in [2.24, 2.45) is 0 Å². The van der Waals surface area contributed by atoms with Crippen LogP contribution in [0.2, 0.25) is 0 Å². The molecule has 0 unspecified atom stereocenters. The summed E-state index contributed by atoms with van der Waals surface area (Å²) >= 11 is 0. The molecule has 1 aliphatic rings. The summed E-state index contributed by atoms with van der Waals surface area (Å²) < 4.78 is 7.55. The van der Waals surface area contributed by atoms with E-state index in [0.717, 1.165) is 30.4 Å². The minimum atomic E-state index is 0.815. The largest absolute Gasteiger partial charge is 0.461 e. The molecule has 0 saturated carbocycles. The van der Waals surface area contributed by atoms with Gasteiger partial charge >= 0.3 is 0 Å². The highest BCUT2D eigenvalue weighted by atomic mass is 16.3. The van der Waals surface area contributed by atoms with E-state index in [4.69, 9.17) is 4.42 Å². The molecular weight excluding hydrogens is 190 g/mol. The molecule has 4 nitrogen and oxygen atoms in total. The Morgan fingerprint density at radius 2 is 2.20 bits per heavy atom. The maximum Gasteiger partial charge on any atom is 0.199 e. The molecule has 1 aliphatic heterocycles. The molecule has 0 fully saturated rings. The molecular formula is C11H13N3O. The zero-order valence-electron chi connectivity index (χ0n) is 8.52. The average molecular weight is 203 g/mol. The fourth-order valence-corrected chi connectivity index (χ4v) is 2.07. The highest BCUT2D eigenvalue weighted by Gasteiger charge is 2.16. The zero-order chi connectivity index (χ0) is 10.1. The summed E-state index contributed by atoms with van der Waals surface area (Å²) in [5, 5.41) is 8.43. The fourth-order valence-electron chi connectivity index (χ4n) is 2.07. The average Bonchev–Trinajstić information content (AvgIpc) is 2.83. The molecule has 0 atom stereocenters. The van der Waals surface area contributed by atoms with Gasteiger partial charge in [0, 0.05) is 13.0 Å². The van der Waals surface area contributed by atoms with Gasteiger partial charge in [0.2, 0.25) is 0 Å². The van der Waals surface area contributed by atoms with Gasteiger partial charge in [-0.25, -0.2) is 0 Å². The summed E-state index contributed by atoms with van der Waals surface area (Å²) in [6.45, 7) is 1.01. The van der Waals surface area contributed by atoms with E-state index in [9.17, 15) is 0 Å². The van der Waals surface area contributed by atoms with Gasteiger partial charge < -0.3 is 8.98 Å². The van der Waals surface area contributed by atoms with Crippen molar-refractivity contribution in [3.05, 3.63) is 24.2 Å². The molecule has 0 bridgehead atoms. The van der Waals surface area contributed by atoms with Gasteiger partial charge in [-0.15, -0.1) is 10.2 Å². The quantitative estimate of drug-likeness (QED) is 0.714. The van der Waals surface area contributed by atoms with Crippen LogP contribution in [0.25, 0.3) is 11.6 Å². The first-order chi connectivity index (χ1) is 7.45. The number of rotatable bonds is 1. The lowest BCUT2D eigenvalue weighted by Gasteiger charge is -2.03. The van der Waals surface area contributed by atoms with Crippen molar-refractivity contribution in [2.75, 3.05) is 0 Å². The Labute approximate surface area is 87.9 Å². The zero-order valence-corrected chi connectivity index (χ0v) is 8.52. The van der Waals surface area contributed by atoms with Crippen LogP contribution in [0, 0.1) is 0 Å². The molecule has 0 aromatic carbocycles. The number of aromatic nitrogens is 3. The number of furan rings is 1. The molecule has 15 heavy (non-hydrogen) atoms. The van der Waals surface area contributed by atoms with Crippen LogP contribution in [0.5, 0.6) is 0 Å². The summed E-state index contributed by atoms with van der Waals surface area (Å²) in [4.78, 5) is 0. The van der Waals surface area contributed by atoms with Crippen molar-refractivity contribution in [1.82, 2.24) is 14.8 Å². The van der Waals surface area contributed by atoms with E-state index in [1.165, 1.54) is 19.3 Å². The van der Waals surface area contributed by atoms with E-state index >= 15 is 0 Å². The van der Waals surface area contributed by atoms with Crippen LogP contribution >= 0.6 is 0 Å². The molecule has 3 heterocycles. The lowest BCUT2D eigenvalue weighted by molar-refractivity contribution is 0.563. The molecule has 0 amide bonds. The first-order valence-electron chi connectivity index (χ1n) is 5.41. The van der Waals surface area contributed by atoms with Gasteiger partial charge in [0.15, 0.2) is 11.6 Å². The van der Waals surface area contributed by atoms with E-state index in [1.54, 1.807) is 6.26 Å². The van der Waals surface area contributed by atoms with Crippen molar-refractivity contribution in [3.63, 3.8) is 0 Å². The molecule has 0 N–H and O–H groups in total. The number of hydrogen-bond donors (Lipinski definition) is 0. The first-order valence-corrected chi connectivity index (χ1v) is 5.41. The Hall–Kier alpha value is -1.58. The van der Waals surface area contributed by atoms with Gasteiger partial charge in [0.05, 0.1) is 6.26 Å². The number of nitrogens with zero attached hydrogens (tertiary/aromatic N) is 3. The predicted molar refractivity (Wildman–Crippen MR) is 55.3 cm³/mol. The van der Waals surface area contributed by atoms with E-state index in [-0.39, 0.29) is 0 Å². The second-order valence-electron chi connectivity index (χ2n) is 3.88. The Balaban J connectivity index is 2.06. The Morgan fingerprint density at radius 3 is 3.07 bits per heavy atom. The summed E-state index contributed by atoms with van der Waals surface area (Å²) in [6.07, 6.45) is 6.41.